The van der Waals surface area contributed by atoms with Gasteiger partial charge in [-0.1, -0.05) is 23.2 Å². The highest BCUT2D eigenvalue weighted by Crippen LogP contribution is 2.36. The molecule has 0 aliphatic heterocycles. The third-order valence-electron chi connectivity index (χ3n) is 4.41. The summed E-state index contributed by atoms with van der Waals surface area (Å²) in [4.78, 5) is 4.53. The molecule has 0 atom stereocenters. The molecule has 0 radical (unpaired) electrons. The van der Waals surface area contributed by atoms with Gasteiger partial charge in [0.2, 0.25) is 0 Å². The zero-order chi connectivity index (χ0) is 18.5. The minimum Gasteiger partial charge on any atom is -0.372 e. The standard InChI is InChI=1S/C22H22Cl2N2/c1-3-25(4-2)19-13-15-22(16-14-19)26(20-9-5-17(23)6-10-20)21-11-7-18(24)8-12-21/h5-16H,3-4H2,1-2H3. The van der Waals surface area contributed by atoms with Crippen LogP contribution in [0.4, 0.5) is 22.7 Å². The molecule has 0 spiro atoms. The number of anilines is 4. The first-order valence-corrected chi connectivity index (χ1v) is 9.54. The Hall–Kier alpha value is -2.16. The monoisotopic (exact) mass is 384 g/mol. The molecule has 0 fully saturated rings. The van der Waals surface area contributed by atoms with Crippen molar-refractivity contribution in [2.24, 2.45) is 0 Å². The molecule has 0 bridgehead atoms. The van der Waals surface area contributed by atoms with Gasteiger partial charge in [0.15, 0.2) is 0 Å². The lowest BCUT2D eigenvalue weighted by atomic mass is 10.1. The van der Waals surface area contributed by atoms with Crippen molar-refractivity contribution >= 4 is 46.0 Å². The van der Waals surface area contributed by atoms with E-state index in [9.17, 15) is 0 Å². The van der Waals surface area contributed by atoms with Crippen LogP contribution in [-0.4, -0.2) is 13.1 Å². The number of hydrogen-bond donors (Lipinski definition) is 0. The topological polar surface area (TPSA) is 6.48 Å². The molecule has 2 nitrogen and oxygen atoms in total. The van der Waals surface area contributed by atoms with E-state index in [0.717, 1.165) is 40.2 Å². The third-order valence-corrected chi connectivity index (χ3v) is 4.91. The van der Waals surface area contributed by atoms with Crippen molar-refractivity contribution in [1.29, 1.82) is 0 Å². The number of nitrogens with zero attached hydrogens (tertiary/aromatic N) is 2. The van der Waals surface area contributed by atoms with Crippen molar-refractivity contribution in [2.45, 2.75) is 13.8 Å². The molecule has 0 aromatic heterocycles. The molecule has 4 heteroatoms. The minimum atomic E-state index is 0.724. The van der Waals surface area contributed by atoms with E-state index >= 15 is 0 Å². The van der Waals surface area contributed by atoms with Crippen molar-refractivity contribution in [3.05, 3.63) is 82.8 Å². The Morgan fingerprint density at radius 1 is 0.538 bits per heavy atom. The average Bonchev–Trinajstić information content (AvgIpc) is 2.67. The van der Waals surface area contributed by atoms with Crippen LogP contribution < -0.4 is 9.80 Å². The summed E-state index contributed by atoms with van der Waals surface area (Å²) in [6.07, 6.45) is 0. The first kappa shape index (κ1) is 18.6. The molecule has 0 heterocycles. The molecule has 0 amide bonds. The van der Waals surface area contributed by atoms with Gasteiger partial charge in [0.25, 0.3) is 0 Å². The van der Waals surface area contributed by atoms with E-state index in [2.05, 4.69) is 47.9 Å². The fourth-order valence-corrected chi connectivity index (χ4v) is 3.28. The number of halogens is 2. The van der Waals surface area contributed by atoms with E-state index in [1.807, 2.05) is 48.5 Å². The quantitative estimate of drug-likeness (QED) is 0.439. The molecule has 0 saturated heterocycles. The highest BCUT2D eigenvalue weighted by Gasteiger charge is 2.13. The second-order valence-electron chi connectivity index (χ2n) is 5.98. The lowest BCUT2D eigenvalue weighted by molar-refractivity contribution is 0.866. The van der Waals surface area contributed by atoms with Crippen molar-refractivity contribution in [3.63, 3.8) is 0 Å². The van der Waals surface area contributed by atoms with Gasteiger partial charge in [-0.3, -0.25) is 0 Å². The Labute approximate surface area is 165 Å². The Morgan fingerprint density at radius 3 is 1.19 bits per heavy atom. The third kappa shape index (κ3) is 4.14. The maximum Gasteiger partial charge on any atom is 0.0463 e. The SMILES string of the molecule is CCN(CC)c1ccc(N(c2ccc(Cl)cc2)c2ccc(Cl)cc2)cc1. The molecular formula is C22H22Cl2N2. The molecule has 0 aliphatic rings. The Bertz CT molecular complexity index is 778. The summed E-state index contributed by atoms with van der Waals surface area (Å²) in [5, 5.41) is 1.45. The van der Waals surface area contributed by atoms with E-state index in [1.165, 1.54) is 5.69 Å². The Kier molecular flexibility index (Phi) is 6.08. The molecule has 134 valence electrons. The van der Waals surface area contributed by atoms with E-state index in [1.54, 1.807) is 0 Å². The fraction of sp³-hybridized carbons (Fsp3) is 0.182. The van der Waals surface area contributed by atoms with Gasteiger partial charge in [-0.25, -0.2) is 0 Å². The predicted molar refractivity (Wildman–Crippen MR) is 115 cm³/mol. The van der Waals surface area contributed by atoms with E-state index in [4.69, 9.17) is 23.2 Å². The summed E-state index contributed by atoms with van der Waals surface area (Å²) < 4.78 is 0. The summed E-state index contributed by atoms with van der Waals surface area (Å²) in [5.74, 6) is 0. The molecule has 3 aromatic carbocycles. The lowest BCUT2D eigenvalue weighted by Crippen LogP contribution is -2.21. The van der Waals surface area contributed by atoms with Crippen LogP contribution in [0.5, 0.6) is 0 Å². The molecule has 0 saturated carbocycles. The molecule has 3 aromatic rings. The molecule has 3 rings (SSSR count). The van der Waals surface area contributed by atoms with Crippen LogP contribution in [0.1, 0.15) is 13.8 Å². The fourth-order valence-electron chi connectivity index (χ4n) is 3.03. The average molecular weight is 385 g/mol. The van der Waals surface area contributed by atoms with Crippen LogP contribution in [-0.2, 0) is 0 Å². The first-order valence-electron chi connectivity index (χ1n) is 8.78. The van der Waals surface area contributed by atoms with Gasteiger partial charge in [0.1, 0.15) is 0 Å². The molecule has 0 aliphatic carbocycles. The normalized spacial score (nSPS) is 10.6. The van der Waals surface area contributed by atoms with Crippen molar-refractivity contribution in [2.75, 3.05) is 22.9 Å². The zero-order valence-corrected chi connectivity index (χ0v) is 16.5. The van der Waals surface area contributed by atoms with Crippen LogP contribution in [0.3, 0.4) is 0 Å². The van der Waals surface area contributed by atoms with E-state index in [-0.39, 0.29) is 0 Å². The molecular weight excluding hydrogens is 363 g/mol. The first-order chi connectivity index (χ1) is 12.6. The number of hydrogen-bond acceptors (Lipinski definition) is 2. The number of benzene rings is 3. The maximum absolute atomic E-state index is 6.08. The maximum atomic E-state index is 6.08. The van der Waals surface area contributed by atoms with Gasteiger partial charge in [-0.2, -0.15) is 0 Å². The van der Waals surface area contributed by atoms with Gasteiger partial charge in [0.05, 0.1) is 0 Å². The predicted octanol–water partition coefficient (Wildman–Crippen LogP) is 7.31. The van der Waals surface area contributed by atoms with Gasteiger partial charge in [0, 0.05) is 45.9 Å². The van der Waals surface area contributed by atoms with Crippen LogP contribution in [0, 0.1) is 0 Å². The van der Waals surface area contributed by atoms with Gasteiger partial charge in [-0.05, 0) is 86.6 Å². The summed E-state index contributed by atoms with van der Waals surface area (Å²) >= 11 is 12.2. The second kappa shape index (κ2) is 8.48. The number of rotatable bonds is 6. The highest BCUT2D eigenvalue weighted by atomic mass is 35.5. The molecule has 0 unspecified atom stereocenters. The van der Waals surface area contributed by atoms with Crippen LogP contribution in [0.15, 0.2) is 72.8 Å². The summed E-state index contributed by atoms with van der Waals surface area (Å²) in [5.41, 5.74) is 4.41. The van der Waals surface area contributed by atoms with Gasteiger partial charge < -0.3 is 9.80 Å². The molecule has 0 N–H and O–H groups in total. The largest absolute Gasteiger partial charge is 0.372 e. The summed E-state index contributed by atoms with van der Waals surface area (Å²) in [6.45, 7) is 6.33. The van der Waals surface area contributed by atoms with Crippen molar-refractivity contribution in [1.82, 2.24) is 0 Å². The Balaban J connectivity index is 2.03. The summed E-state index contributed by atoms with van der Waals surface area (Å²) in [7, 11) is 0. The minimum absolute atomic E-state index is 0.724. The molecule has 26 heavy (non-hydrogen) atoms. The van der Waals surface area contributed by atoms with E-state index in [0.29, 0.717) is 0 Å². The van der Waals surface area contributed by atoms with Crippen LogP contribution in [0.2, 0.25) is 10.0 Å². The Morgan fingerprint density at radius 2 is 0.846 bits per heavy atom. The van der Waals surface area contributed by atoms with Crippen LogP contribution >= 0.6 is 23.2 Å². The van der Waals surface area contributed by atoms with Crippen LogP contribution in [0.25, 0.3) is 0 Å². The van der Waals surface area contributed by atoms with Crippen molar-refractivity contribution < 1.29 is 0 Å². The van der Waals surface area contributed by atoms with E-state index < -0.39 is 0 Å². The summed E-state index contributed by atoms with van der Waals surface area (Å²) in [6, 6.07) is 24.4. The highest BCUT2D eigenvalue weighted by molar-refractivity contribution is 6.31. The smallest absolute Gasteiger partial charge is 0.0463 e. The van der Waals surface area contributed by atoms with Gasteiger partial charge in [-0.15, -0.1) is 0 Å². The van der Waals surface area contributed by atoms with Crippen molar-refractivity contribution in [3.8, 4) is 0 Å². The second-order valence-corrected chi connectivity index (χ2v) is 6.85. The zero-order valence-electron chi connectivity index (χ0n) is 15.0. The lowest BCUT2D eigenvalue weighted by Gasteiger charge is -2.27. The van der Waals surface area contributed by atoms with Gasteiger partial charge >= 0.3 is 0 Å².